The van der Waals surface area contributed by atoms with Gasteiger partial charge in [-0.25, -0.2) is 4.79 Å². The molecule has 0 saturated carbocycles. The maximum Gasteiger partial charge on any atom is 0.410 e. The van der Waals surface area contributed by atoms with E-state index in [0.717, 1.165) is 11.1 Å². The van der Waals surface area contributed by atoms with Gasteiger partial charge < -0.3 is 9.47 Å². The number of benzene rings is 2. The predicted molar refractivity (Wildman–Crippen MR) is 109 cm³/mol. The molecule has 7 nitrogen and oxygen atoms in total. The maximum atomic E-state index is 12.9. The van der Waals surface area contributed by atoms with Crippen LogP contribution in [0.15, 0.2) is 65.8 Å². The van der Waals surface area contributed by atoms with Gasteiger partial charge >= 0.3 is 6.09 Å². The molecule has 7 heteroatoms. The first kappa shape index (κ1) is 20.7. The molecule has 1 amide bonds. The Morgan fingerprint density at radius 1 is 1.17 bits per heavy atom. The zero-order valence-electron chi connectivity index (χ0n) is 16.4. The SMILES string of the molecule is C[C@@H]([C@@H]1CC[C@@H](N=[N+]=[N-])[CH]O1)N(Cc1ccccc1)C(=O)OCc1ccccc1. The zero-order chi connectivity index (χ0) is 20.5. The number of azide groups is 1. The fourth-order valence-electron chi connectivity index (χ4n) is 3.33. The molecule has 0 spiro atoms. The molecule has 1 radical (unpaired) electrons. The van der Waals surface area contributed by atoms with Crippen LogP contribution in [0.4, 0.5) is 4.79 Å². The van der Waals surface area contributed by atoms with Crippen LogP contribution in [0.1, 0.15) is 30.9 Å². The molecule has 151 valence electrons. The normalized spacial score (nSPS) is 19.6. The summed E-state index contributed by atoms with van der Waals surface area (Å²) < 4.78 is 11.4. The Kier molecular flexibility index (Phi) is 7.50. The minimum atomic E-state index is -0.383. The van der Waals surface area contributed by atoms with Crippen LogP contribution in [0.5, 0.6) is 0 Å². The molecule has 0 unspecified atom stereocenters. The van der Waals surface area contributed by atoms with Crippen LogP contribution in [-0.2, 0) is 22.6 Å². The number of carbonyl (C=O) groups is 1. The van der Waals surface area contributed by atoms with Gasteiger partial charge in [0.2, 0.25) is 0 Å². The van der Waals surface area contributed by atoms with Gasteiger partial charge in [0.1, 0.15) is 6.61 Å². The minimum Gasteiger partial charge on any atom is -0.445 e. The smallest absolute Gasteiger partial charge is 0.410 e. The molecular formula is C22H25N4O3. The topological polar surface area (TPSA) is 87.5 Å². The molecule has 1 aliphatic heterocycles. The van der Waals surface area contributed by atoms with Crippen molar-refractivity contribution in [2.24, 2.45) is 5.11 Å². The van der Waals surface area contributed by atoms with Gasteiger partial charge in [0.25, 0.3) is 0 Å². The summed E-state index contributed by atoms with van der Waals surface area (Å²) in [5.74, 6) is 0. The molecule has 2 aromatic carbocycles. The van der Waals surface area contributed by atoms with Gasteiger partial charge in [-0.05, 0) is 36.4 Å². The number of hydrogen-bond donors (Lipinski definition) is 0. The molecule has 1 saturated heterocycles. The lowest BCUT2D eigenvalue weighted by atomic mass is 9.99. The monoisotopic (exact) mass is 393 g/mol. The first-order valence-electron chi connectivity index (χ1n) is 9.71. The molecule has 1 aliphatic rings. The molecule has 3 atom stereocenters. The molecule has 0 aliphatic carbocycles. The summed E-state index contributed by atoms with van der Waals surface area (Å²) in [6.45, 7) is 4.17. The Morgan fingerprint density at radius 3 is 2.41 bits per heavy atom. The largest absolute Gasteiger partial charge is 0.445 e. The number of rotatable bonds is 7. The summed E-state index contributed by atoms with van der Waals surface area (Å²) >= 11 is 0. The molecule has 0 bridgehead atoms. The predicted octanol–water partition coefficient (Wildman–Crippen LogP) is 5.23. The Hall–Kier alpha value is -3.02. The molecule has 3 rings (SSSR count). The summed E-state index contributed by atoms with van der Waals surface area (Å²) in [6.07, 6.45) is 0.815. The molecule has 0 N–H and O–H groups in total. The van der Waals surface area contributed by atoms with Gasteiger partial charge in [0.15, 0.2) is 0 Å². The quantitative estimate of drug-likeness (QED) is 0.366. The lowest BCUT2D eigenvalue weighted by Gasteiger charge is -2.37. The van der Waals surface area contributed by atoms with Crippen LogP contribution in [-0.4, -0.2) is 29.2 Å². The second-order valence-electron chi connectivity index (χ2n) is 7.05. The van der Waals surface area contributed by atoms with Crippen molar-refractivity contribution in [3.8, 4) is 0 Å². The molecule has 29 heavy (non-hydrogen) atoms. The number of nitrogens with zero attached hydrogens (tertiary/aromatic N) is 4. The van der Waals surface area contributed by atoms with Crippen LogP contribution in [0.25, 0.3) is 10.4 Å². The molecule has 0 aromatic heterocycles. The summed E-state index contributed by atoms with van der Waals surface area (Å²) in [4.78, 5) is 17.5. The van der Waals surface area contributed by atoms with E-state index >= 15 is 0 Å². The van der Waals surface area contributed by atoms with Crippen LogP contribution >= 0.6 is 0 Å². The highest BCUT2D eigenvalue weighted by Crippen LogP contribution is 2.25. The van der Waals surface area contributed by atoms with E-state index in [1.54, 1.807) is 11.5 Å². The molecule has 1 fully saturated rings. The van der Waals surface area contributed by atoms with Crippen LogP contribution < -0.4 is 0 Å². The maximum absolute atomic E-state index is 12.9. The van der Waals surface area contributed by atoms with Crippen molar-refractivity contribution in [1.82, 2.24) is 4.90 Å². The lowest BCUT2D eigenvalue weighted by Crippen LogP contribution is -2.47. The Bertz CT molecular complexity index is 816. The summed E-state index contributed by atoms with van der Waals surface area (Å²) in [7, 11) is 0. The van der Waals surface area contributed by atoms with Gasteiger partial charge in [-0.15, -0.1) is 0 Å². The number of carbonyl (C=O) groups excluding carboxylic acids is 1. The molecule has 1 heterocycles. The molecule has 2 aromatic rings. The Balaban J connectivity index is 1.68. The van der Waals surface area contributed by atoms with Crippen molar-refractivity contribution in [3.63, 3.8) is 0 Å². The van der Waals surface area contributed by atoms with E-state index < -0.39 is 0 Å². The van der Waals surface area contributed by atoms with Crippen molar-refractivity contribution in [1.29, 1.82) is 0 Å². The Labute approximate surface area is 170 Å². The van der Waals surface area contributed by atoms with Gasteiger partial charge in [-0.2, -0.15) is 0 Å². The highest BCUT2D eigenvalue weighted by molar-refractivity contribution is 5.68. The average molecular weight is 393 g/mol. The molecular weight excluding hydrogens is 368 g/mol. The van der Waals surface area contributed by atoms with Gasteiger partial charge in [0, 0.05) is 11.5 Å². The highest BCUT2D eigenvalue weighted by atomic mass is 16.6. The average Bonchev–Trinajstić information content (AvgIpc) is 2.77. The van der Waals surface area contributed by atoms with Gasteiger partial charge in [0.05, 0.1) is 24.8 Å². The first-order valence-corrected chi connectivity index (χ1v) is 9.71. The summed E-state index contributed by atoms with van der Waals surface area (Å²) in [5, 5.41) is 3.68. The fourth-order valence-corrected chi connectivity index (χ4v) is 3.33. The third-order valence-corrected chi connectivity index (χ3v) is 5.02. The summed E-state index contributed by atoms with van der Waals surface area (Å²) in [6, 6.07) is 18.9. The zero-order valence-corrected chi connectivity index (χ0v) is 16.4. The van der Waals surface area contributed by atoms with E-state index in [2.05, 4.69) is 10.0 Å². The minimum absolute atomic E-state index is 0.187. The van der Waals surface area contributed by atoms with Crippen LogP contribution in [0.2, 0.25) is 0 Å². The van der Waals surface area contributed by atoms with Gasteiger partial charge in [-0.1, -0.05) is 65.8 Å². The second-order valence-corrected chi connectivity index (χ2v) is 7.05. The van der Waals surface area contributed by atoms with E-state index in [-0.39, 0.29) is 30.9 Å². The van der Waals surface area contributed by atoms with E-state index in [0.29, 0.717) is 19.4 Å². The Morgan fingerprint density at radius 2 is 1.83 bits per heavy atom. The van der Waals surface area contributed by atoms with Crippen molar-refractivity contribution in [3.05, 3.63) is 88.8 Å². The van der Waals surface area contributed by atoms with Gasteiger partial charge in [-0.3, -0.25) is 4.90 Å². The highest BCUT2D eigenvalue weighted by Gasteiger charge is 2.32. The number of ether oxygens (including phenoxy) is 2. The second kappa shape index (κ2) is 10.5. The fraction of sp³-hybridized carbons (Fsp3) is 0.364. The van der Waals surface area contributed by atoms with Crippen molar-refractivity contribution in [2.45, 2.75) is 51.1 Å². The van der Waals surface area contributed by atoms with Crippen molar-refractivity contribution >= 4 is 6.09 Å². The standard InChI is InChI=1S/C22H25N4O3/c1-17(21-13-12-20(16-28-21)24-25-23)26(14-18-8-4-2-5-9-18)22(27)29-15-19-10-6-3-7-11-19/h2-11,16-17,20-21H,12-15H2,1H3/t17-,20+,21-/m0/s1. The van der Waals surface area contributed by atoms with Crippen molar-refractivity contribution < 1.29 is 14.3 Å². The number of hydrogen-bond acceptors (Lipinski definition) is 4. The first-order chi connectivity index (χ1) is 14.2. The van der Waals surface area contributed by atoms with E-state index in [4.69, 9.17) is 15.0 Å². The number of amides is 1. The van der Waals surface area contributed by atoms with E-state index in [1.165, 1.54) is 0 Å². The lowest BCUT2D eigenvalue weighted by molar-refractivity contribution is -0.0131. The van der Waals surface area contributed by atoms with E-state index in [1.807, 2.05) is 67.6 Å². The van der Waals surface area contributed by atoms with Crippen molar-refractivity contribution in [2.75, 3.05) is 0 Å². The third-order valence-electron chi connectivity index (χ3n) is 5.02. The third kappa shape index (κ3) is 5.98. The van der Waals surface area contributed by atoms with Crippen LogP contribution in [0, 0.1) is 6.61 Å². The van der Waals surface area contributed by atoms with E-state index in [9.17, 15) is 4.79 Å². The summed E-state index contributed by atoms with van der Waals surface area (Å²) in [5.41, 5.74) is 10.5. The van der Waals surface area contributed by atoms with Crippen LogP contribution in [0.3, 0.4) is 0 Å².